The number of rotatable bonds is 8. The van der Waals surface area contributed by atoms with Crippen molar-refractivity contribution >= 4 is 27.5 Å². The van der Waals surface area contributed by atoms with Gasteiger partial charge in [-0.05, 0) is 74.4 Å². The highest BCUT2D eigenvalue weighted by Gasteiger charge is 2.29. The Morgan fingerprint density at radius 3 is 2.54 bits per heavy atom. The first-order chi connectivity index (χ1) is 16.8. The number of amides is 1. The monoisotopic (exact) mass is 495 g/mol. The van der Waals surface area contributed by atoms with Crippen LogP contribution in [0.4, 0.5) is 0 Å². The molecular weight excluding hydrogens is 458 g/mol. The van der Waals surface area contributed by atoms with Crippen LogP contribution in [0.2, 0.25) is 0 Å². The van der Waals surface area contributed by atoms with Crippen LogP contribution >= 0.6 is 11.3 Å². The van der Waals surface area contributed by atoms with Gasteiger partial charge in [-0.3, -0.25) is 18.7 Å². The topological polar surface area (TPSA) is 64.3 Å². The van der Waals surface area contributed by atoms with Crippen LogP contribution in [0.3, 0.4) is 0 Å². The van der Waals surface area contributed by atoms with E-state index in [1.54, 1.807) is 4.57 Å². The van der Waals surface area contributed by atoms with Gasteiger partial charge in [0.2, 0.25) is 5.91 Å². The van der Waals surface area contributed by atoms with E-state index in [2.05, 4.69) is 39.0 Å². The Morgan fingerprint density at radius 1 is 1.09 bits per heavy atom. The second-order valence-electron chi connectivity index (χ2n) is 10.2. The Morgan fingerprint density at radius 2 is 1.83 bits per heavy atom. The number of nitrogens with zero attached hydrogens (tertiary/aromatic N) is 3. The summed E-state index contributed by atoms with van der Waals surface area (Å²) in [7, 11) is 1.90. The Bertz CT molecular complexity index is 1310. The summed E-state index contributed by atoms with van der Waals surface area (Å²) in [4.78, 5) is 41.5. The fourth-order valence-corrected chi connectivity index (χ4v) is 6.10. The van der Waals surface area contributed by atoms with Gasteiger partial charge in [0, 0.05) is 26.1 Å². The number of hydrogen-bond donors (Lipinski definition) is 0. The van der Waals surface area contributed by atoms with E-state index < -0.39 is 0 Å². The van der Waals surface area contributed by atoms with Gasteiger partial charge in [-0.1, -0.05) is 37.1 Å². The van der Waals surface area contributed by atoms with Crippen LogP contribution in [-0.2, 0) is 17.9 Å². The first kappa shape index (κ1) is 25.4. The Labute approximate surface area is 211 Å². The predicted molar refractivity (Wildman–Crippen MR) is 143 cm³/mol. The first-order valence-electron chi connectivity index (χ1n) is 12.8. The third kappa shape index (κ3) is 5.45. The maximum Gasteiger partial charge on any atom is 0.331 e. The highest BCUT2D eigenvalue weighted by atomic mass is 32.1. The normalized spacial score (nSPS) is 18.2. The average molecular weight is 496 g/mol. The predicted octanol–water partition coefficient (Wildman–Crippen LogP) is 4.95. The number of aromatic nitrogens is 2. The van der Waals surface area contributed by atoms with Crippen LogP contribution in [0.5, 0.6) is 0 Å². The molecule has 1 aliphatic rings. The summed E-state index contributed by atoms with van der Waals surface area (Å²) in [6.07, 6.45) is 5.49. The fraction of sp³-hybridized carbons (Fsp3) is 0.536. The van der Waals surface area contributed by atoms with Gasteiger partial charge in [0.25, 0.3) is 5.56 Å². The summed E-state index contributed by atoms with van der Waals surface area (Å²) in [6, 6.07) is 8.15. The largest absolute Gasteiger partial charge is 0.346 e. The molecule has 0 spiro atoms. The SMILES string of the molecule is CCCCN(C)C(=O)C1CCC(Cn2c(=O)c3sccc3n(Cc3cc(C)ccc3C)c2=O)CC1. The summed E-state index contributed by atoms with van der Waals surface area (Å²) in [5.74, 6) is 0.535. The molecule has 0 saturated heterocycles. The second-order valence-corrected chi connectivity index (χ2v) is 11.1. The molecule has 1 saturated carbocycles. The maximum atomic E-state index is 13.6. The van der Waals surface area contributed by atoms with Gasteiger partial charge in [0.05, 0.1) is 12.1 Å². The lowest BCUT2D eigenvalue weighted by Crippen LogP contribution is -2.42. The Hall–Kier alpha value is -2.67. The van der Waals surface area contributed by atoms with Crippen LogP contribution in [0, 0.1) is 25.7 Å². The van der Waals surface area contributed by atoms with Crippen LogP contribution in [0.15, 0.2) is 39.2 Å². The number of benzene rings is 1. The molecule has 0 unspecified atom stereocenters. The highest BCUT2D eigenvalue weighted by molar-refractivity contribution is 7.17. The van der Waals surface area contributed by atoms with E-state index in [1.807, 2.05) is 23.4 Å². The maximum absolute atomic E-state index is 13.6. The van der Waals surface area contributed by atoms with Crippen LogP contribution in [-0.4, -0.2) is 33.5 Å². The van der Waals surface area contributed by atoms with E-state index in [0.29, 0.717) is 23.3 Å². The minimum absolute atomic E-state index is 0.0607. The van der Waals surface area contributed by atoms with Crippen molar-refractivity contribution in [1.29, 1.82) is 0 Å². The number of hydrogen-bond acceptors (Lipinski definition) is 4. The lowest BCUT2D eigenvalue weighted by molar-refractivity contribution is -0.135. The number of thiophene rings is 1. The molecule has 0 N–H and O–H groups in total. The van der Waals surface area contributed by atoms with Crippen molar-refractivity contribution in [3.63, 3.8) is 0 Å². The fourth-order valence-electron chi connectivity index (χ4n) is 5.26. The zero-order chi connectivity index (χ0) is 25.1. The van der Waals surface area contributed by atoms with Crippen molar-refractivity contribution in [2.75, 3.05) is 13.6 Å². The molecule has 0 bridgehead atoms. The van der Waals surface area contributed by atoms with Crippen molar-refractivity contribution in [2.24, 2.45) is 11.8 Å². The van der Waals surface area contributed by atoms with Crippen LogP contribution in [0.1, 0.15) is 62.1 Å². The number of carbonyl (C=O) groups is 1. The first-order valence-corrected chi connectivity index (χ1v) is 13.7. The van der Waals surface area contributed by atoms with Gasteiger partial charge in [-0.2, -0.15) is 0 Å². The van der Waals surface area contributed by atoms with Gasteiger partial charge >= 0.3 is 5.69 Å². The van der Waals surface area contributed by atoms with Gasteiger partial charge in [0.15, 0.2) is 0 Å². The third-order valence-corrected chi connectivity index (χ3v) is 8.42. The molecular formula is C28H37N3O3S. The molecule has 1 amide bonds. The summed E-state index contributed by atoms with van der Waals surface area (Å²) in [6.45, 7) is 7.92. The molecule has 6 nitrogen and oxygen atoms in total. The number of carbonyl (C=O) groups excluding carboxylic acids is 1. The third-order valence-electron chi connectivity index (χ3n) is 7.53. The van der Waals surface area contributed by atoms with E-state index in [-0.39, 0.29) is 29.0 Å². The molecule has 1 aromatic carbocycles. The Kier molecular flexibility index (Phi) is 7.95. The van der Waals surface area contributed by atoms with Gasteiger partial charge < -0.3 is 4.90 Å². The molecule has 2 heterocycles. The zero-order valence-electron chi connectivity index (χ0n) is 21.4. The summed E-state index contributed by atoms with van der Waals surface area (Å²) < 4.78 is 3.84. The molecule has 4 rings (SSSR count). The molecule has 188 valence electrons. The molecule has 1 fully saturated rings. The minimum atomic E-state index is -0.237. The molecule has 0 atom stereocenters. The molecule has 1 aliphatic carbocycles. The van der Waals surface area contributed by atoms with Gasteiger partial charge in [-0.25, -0.2) is 4.79 Å². The molecule has 7 heteroatoms. The highest BCUT2D eigenvalue weighted by Crippen LogP contribution is 2.31. The van der Waals surface area contributed by atoms with Crippen molar-refractivity contribution in [1.82, 2.24) is 14.0 Å². The minimum Gasteiger partial charge on any atom is -0.346 e. The molecule has 35 heavy (non-hydrogen) atoms. The Balaban J connectivity index is 1.55. The van der Waals surface area contributed by atoms with E-state index in [0.717, 1.165) is 61.8 Å². The smallest absolute Gasteiger partial charge is 0.331 e. The van der Waals surface area contributed by atoms with Crippen LogP contribution < -0.4 is 11.2 Å². The van der Waals surface area contributed by atoms with Crippen molar-refractivity contribution in [3.05, 3.63) is 67.2 Å². The number of fused-ring (bicyclic) bond motifs is 1. The molecule has 0 radical (unpaired) electrons. The molecule has 2 aromatic heterocycles. The zero-order valence-corrected chi connectivity index (χ0v) is 22.2. The van der Waals surface area contributed by atoms with E-state index >= 15 is 0 Å². The van der Waals surface area contributed by atoms with Gasteiger partial charge in [0.1, 0.15) is 4.70 Å². The number of unbranched alkanes of at least 4 members (excludes halogenated alkanes) is 1. The van der Waals surface area contributed by atoms with E-state index in [1.165, 1.54) is 15.9 Å². The lowest BCUT2D eigenvalue weighted by Gasteiger charge is -2.30. The molecule has 0 aliphatic heterocycles. The van der Waals surface area contributed by atoms with Crippen molar-refractivity contribution in [3.8, 4) is 0 Å². The quantitative estimate of drug-likeness (QED) is 0.444. The van der Waals surface area contributed by atoms with Crippen molar-refractivity contribution in [2.45, 2.75) is 72.4 Å². The van der Waals surface area contributed by atoms with E-state index in [9.17, 15) is 14.4 Å². The standard InChI is InChI=1S/C28H37N3O3S/c1-5-6-14-29(4)26(32)22-11-9-21(10-12-22)17-31-27(33)25-24(13-15-35-25)30(28(31)34)18-23-16-19(2)7-8-20(23)3/h7-8,13,15-16,21-22H,5-6,9-12,14,17-18H2,1-4H3. The summed E-state index contributed by atoms with van der Waals surface area (Å²) in [5.41, 5.74) is 3.67. The van der Waals surface area contributed by atoms with Gasteiger partial charge in [-0.15, -0.1) is 11.3 Å². The number of aryl methyl sites for hydroxylation is 2. The lowest BCUT2D eigenvalue weighted by atomic mass is 9.81. The van der Waals surface area contributed by atoms with Crippen LogP contribution in [0.25, 0.3) is 10.2 Å². The summed E-state index contributed by atoms with van der Waals surface area (Å²) in [5, 5.41) is 1.89. The summed E-state index contributed by atoms with van der Waals surface area (Å²) >= 11 is 1.40. The second kappa shape index (κ2) is 10.9. The van der Waals surface area contributed by atoms with Crippen molar-refractivity contribution < 1.29 is 4.79 Å². The van der Waals surface area contributed by atoms with E-state index in [4.69, 9.17) is 0 Å². The molecule has 3 aromatic rings. The average Bonchev–Trinajstić information content (AvgIpc) is 3.35.